The number of aromatic amines is 1. The maximum absolute atomic E-state index is 12.1. The van der Waals surface area contributed by atoms with Crippen LogP contribution in [-0.4, -0.2) is 42.4 Å². The summed E-state index contributed by atoms with van der Waals surface area (Å²) in [6, 6.07) is 18.3. The van der Waals surface area contributed by atoms with E-state index in [1.165, 1.54) is 0 Å². The smallest absolute Gasteiger partial charge is 0.273 e. The van der Waals surface area contributed by atoms with Gasteiger partial charge in [0.25, 0.3) is 5.91 Å². The van der Waals surface area contributed by atoms with Crippen molar-refractivity contribution in [1.82, 2.24) is 15.5 Å². The Bertz CT molecular complexity index is 852. The largest absolute Gasteiger partial charge is 0.379 e. The fourth-order valence-corrected chi connectivity index (χ4v) is 2.66. The van der Waals surface area contributed by atoms with E-state index >= 15 is 0 Å². The number of morpholine rings is 1. The van der Waals surface area contributed by atoms with Crippen LogP contribution in [0.15, 0.2) is 60.7 Å². The van der Waals surface area contributed by atoms with Gasteiger partial charge in [0.05, 0.1) is 18.9 Å². The van der Waals surface area contributed by atoms with E-state index < -0.39 is 0 Å². The summed E-state index contributed by atoms with van der Waals surface area (Å²) in [4.78, 5) is 12.1. The van der Waals surface area contributed by atoms with Crippen molar-refractivity contribution in [2.45, 2.75) is 0 Å². The minimum Gasteiger partial charge on any atom is -0.379 e. The van der Waals surface area contributed by atoms with Crippen LogP contribution in [0.3, 0.4) is 0 Å². The summed E-state index contributed by atoms with van der Waals surface area (Å²) < 4.78 is 5.01. The Labute approximate surface area is 162 Å². The Balaban J connectivity index is 0.000000299. The number of rotatable bonds is 3. The number of carbonyl (C=O) groups excluding carboxylic acids is 1. The molecule has 1 aliphatic heterocycles. The number of ether oxygens (including phenoxy) is 1. The van der Waals surface area contributed by atoms with Crippen LogP contribution in [0.5, 0.6) is 0 Å². The molecule has 4 rings (SSSR count). The second kappa shape index (κ2) is 9.87. The Morgan fingerprint density at radius 1 is 1.04 bits per heavy atom. The van der Waals surface area contributed by atoms with Gasteiger partial charge in [-0.25, -0.2) is 0 Å². The fourth-order valence-electron chi connectivity index (χ4n) is 2.47. The van der Waals surface area contributed by atoms with Gasteiger partial charge in [-0.3, -0.25) is 9.89 Å². The van der Waals surface area contributed by atoms with Crippen molar-refractivity contribution in [3.8, 4) is 11.3 Å². The molecular weight excluding hydrogens is 364 g/mol. The van der Waals surface area contributed by atoms with Crippen molar-refractivity contribution in [3.63, 3.8) is 0 Å². The van der Waals surface area contributed by atoms with Crippen LogP contribution in [0.4, 0.5) is 5.69 Å². The SMILES string of the molecule is C1COCCN1.O=C(Nc1ccccc1)c1cc(-c2cccc(Cl)c2)n[nH]1. The molecule has 1 fully saturated rings. The number of hydrogen-bond acceptors (Lipinski definition) is 4. The number of halogens is 1. The van der Waals surface area contributed by atoms with Crippen molar-refractivity contribution in [2.24, 2.45) is 0 Å². The first kappa shape index (κ1) is 19.1. The Hall–Kier alpha value is -2.67. The molecule has 1 aliphatic rings. The number of para-hydroxylation sites is 1. The van der Waals surface area contributed by atoms with Crippen molar-refractivity contribution in [1.29, 1.82) is 0 Å². The van der Waals surface area contributed by atoms with Gasteiger partial charge in [0, 0.05) is 29.4 Å². The molecule has 0 bridgehead atoms. The lowest BCUT2D eigenvalue weighted by atomic mass is 10.1. The summed E-state index contributed by atoms with van der Waals surface area (Å²) >= 11 is 5.95. The molecular formula is C20H21ClN4O2. The van der Waals surface area contributed by atoms with Gasteiger partial charge in [0.2, 0.25) is 0 Å². The normalized spacial score (nSPS) is 13.4. The predicted molar refractivity (Wildman–Crippen MR) is 107 cm³/mol. The van der Waals surface area contributed by atoms with Crippen LogP contribution in [0.25, 0.3) is 11.3 Å². The first-order valence-electron chi connectivity index (χ1n) is 8.68. The van der Waals surface area contributed by atoms with Gasteiger partial charge < -0.3 is 15.4 Å². The molecule has 2 heterocycles. The van der Waals surface area contributed by atoms with E-state index in [1.807, 2.05) is 42.5 Å². The van der Waals surface area contributed by atoms with Gasteiger partial charge in [-0.1, -0.05) is 41.9 Å². The molecule has 3 aromatic rings. The third-order valence-corrected chi connectivity index (χ3v) is 4.06. The van der Waals surface area contributed by atoms with Crippen LogP contribution in [0.2, 0.25) is 5.02 Å². The molecule has 0 aliphatic carbocycles. The lowest BCUT2D eigenvalue weighted by Gasteiger charge is -2.10. The monoisotopic (exact) mass is 384 g/mol. The zero-order chi connectivity index (χ0) is 18.9. The summed E-state index contributed by atoms with van der Waals surface area (Å²) in [6.07, 6.45) is 0. The molecule has 7 heteroatoms. The summed E-state index contributed by atoms with van der Waals surface area (Å²) in [5.41, 5.74) is 2.67. The number of carbonyl (C=O) groups is 1. The molecule has 1 amide bonds. The highest BCUT2D eigenvalue weighted by Gasteiger charge is 2.11. The van der Waals surface area contributed by atoms with E-state index in [9.17, 15) is 4.79 Å². The quantitative estimate of drug-likeness (QED) is 0.644. The maximum atomic E-state index is 12.1. The van der Waals surface area contributed by atoms with Crippen LogP contribution in [0, 0.1) is 0 Å². The number of nitrogens with one attached hydrogen (secondary N) is 3. The van der Waals surface area contributed by atoms with Crippen molar-refractivity contribution in [2.75, 3.05) is 31.6 Å². The van der Waals surface area contributed by atoms with Crippen LogP contribution in [0.1, 0.15) is 10.5 Å². The lowest BCUT2D eigenvalue weighted by molar-refractivity contribution is 0.102. The highest BCUT2D eigenvalue weighted by atomic mass is 35.5. The van der Waals surface area contributed by atoms with E-state index in [-0.39, 0.29) is 5.91 Å². The molecule has 3 N–H and O–H groups in total. The molecule has 6 nitrogen and oxygen atoms in total. The van der Waals surface area contributed by atoms with Gasteiger partial charge in [-0.2, -0.15) is 5.10 Å². The molecule has 2 aromatic carbocycles. The predicted octanol–water partition coefficient (Wildman–Crippen LogP) is 3.59. The fraction of sp³-hybridized carbons (Fsp3) is 0.200. The number of benzene rings is 2. The zero-order valence-corrected chi connectivity index (χ0v) is 15.5. The molecule has 0 saturated carbocycles. The first-order chi connectivity index (χ1) is 13.2. The minimum atomic E-state index is -0.234. The second-order valence-corrected chi connectivity index (χ2v) is 6.30. The molecule has 0 unspecified atom stereocenters. The third-order valence-electron chi connectivity index (χ3n) is 3.82. The Morgan fingerprint density at radius 3 is 2.44 bits per heavy atom. The third kappa shape index (κ3) is 5.92. The molecule has 0 spiro atoms. The van der Waals surface area contributed by atoms with Crippen molar-refractivity contribution >= 4 is 23.2 Å². The summed E-state index contributed by atoms with van der Waals surface area (Å²) in [7, 11) is 0. The molecule has 140 valence electrons. The Morgan fingerprint density at radius 2 is 1.81 bits per heavy atom. The molecule has 0 radical (unpaired) electrons. The first-order valence-corrected chi connectivity index (χ1v) is 9.06. The number of anilines is 1. The van der Waals surface area contributed by atoms with Gasteiger partial charge >= 0.3 is 0 Å². The molecule has 0 atom stereocenters. The van der Waals surface area contributed by atoms with E-state index in [1.54, 1.807) is 18.2 Å². The second-order valence-electron chi connectivity index (χ2n) is 5.86. The topological polar surface area (TPSA) is 79.0 Å². The number of H-pyrrole nitrogens is 1. The van der Waals surface area contributed by atoms with Crippen LogP contribution >= 0.6 is 11.6 Å². The maximum Gasteiger partial charge on any atom is 0.273 e. The summed E-state index contributed by atoms with van der Waals surface area (Å²) in [6.45, 7) is 3.83. The van der Waals surface area contributed by atoms with E-state index in [2.05, 4.69) is 20.8 Å². The number of aromatic nitrogens is 2. The number of nitrogens with zero attached hydrogens (tertiary/aromatic N) is 1. The minimum absolute atomic E-state index is 0.234. The lowest BCUT2D eigenvalue weighted by Crippen LogP contribution is -2.30. The molecule has 1 saturated heterocycles. The van der Waals surface area contributed by atoms with Gasteiger partial charge in [0.1, 0.15) is 5.69 Å². The Kier molecular flexibility index (Phi) is 6.98. The zero-order valence-electron chi connectivity index (χ0n) is 14.7. The van der Waals surface area contributed by atoms with E-state index in [0.717, 1.165) is 37.6 Å². The highest BCUT2D eigenvalue weighted by Crippen LogP contribution is 2.21. The summed E-state index contributed by atoms with van der Waals surface area (Å²) in [5.74, 6) is -0.234. The van der Waals surface area contributed by atoms with E-state index in [4.69, 9.17) is 16.3 Å². The number of hydrogen-bond donors (Lipinski definition) is 3. The van der Waals surface area contributed by atoms with Gasteiger partial charge in [-0.15, -0.1) is 0 Å². The average Bonchev–Trinajstić information content (AvgIpc) is 3.21. The van der Waals surface area contributed by atoms with Crippen LogP contribution < -0.4 is 10.6 Å². The standard InChI is InChI=1S/C16H12ClN3O.C4H9NO/c17-12-6-4-5-11(9-12)14-10-15(20-19-14)16(21)18-13-7-2-1-3-8-13;1-3-6-4-2-5-1/h1-10H,(H,18,21)(H,19,20);5H,1-4H2. The number of amides is 1. The van der Waals surface area contributed by atoms with Gasteiger partial charge in [-0.05, 0) is 30.3 Å². The highest BCUT2D eigenvalue weighted by molar-refractivity contribution is 6.30. The van der Waals surface area contributed by atoms with Crippen molar-refractivity contribution in [3.05, 3.63) is 71.4 Å². The average molecular weight is 385 g/mol. The summed E-state index contributed by atoms with van der Waals surface area (Å²) in [5, 5.41) is 13.5. The van der Waals surface area contributed by atoms with Crippen LogP contribution in [-0.2, 0) is 4.74 Å². The van der Waals surface area contributed by atoms with Crippen molar-refractivity contribution < 1.29 is 9.53 Å². The van der Waals surface area contributed by atoms with Gasteiger partial charge in [0.15, 0.2) is 0 Å². The molecule has 27 heavy (non-hydrogen) atoms. The van der Waals surface area contributed by atoms with E-state index in [0.29, 0.717) is 16.4 Å². The molecule has 1 aromatic heterocycles.